The largest absolute Gasteiger partial charge is 0.481 e. The van der Waals surface area contributed by atoms with Crippen molar-refractivity contribution in [1.29, 1.82) is 5.26 Å². The quantitative estimate of drug-likeness (QED) is 0.865. The Morgan fingerprint density at radius 2 is 2.21 bits per heavy atom. The van der Waals surface area contributed by atoms with Gasteiger partial charge in [-0.2, -0.15) is 5.26 Å². The lowest BCUT2D eigenvalue weighted by Crippen LogP contribution is -2.33. The van der Waals surface area contributed by atoms with Gasteiger partial charge in [-0.25, -0.2) is 9.18 Å². The highest BCUT2D eigenvalue weighted by Crippen LogP contribution is 2.14. The predicted octanol–water partition coefficient (Wildman–Crippen LogP) is 1.64. The highest BCUT2D eigenvalue weighted by Gasteiger charge is 2.11. The monoisotopic (exact) mass is 265 g/mol. The summed E-state index contributed by atoms with van der Waals surface area (Å²) in [5, 5.41) is 19.6. The van der Waals surface area contributed by atoms with Crippen molar-refractivity contribution in [3.05, 3.63) is 29.6 Å². The van der Waals surface area contributed by atoms with Crippen LogP contribution in [0.4, 0.5) is 14.9 Å². The summed E-state index contributed by atoms with van der Waals surface area (Å²) in [4.78, 5) is 23.2. The van der Waals surface area contributed by atoms with Gasteiger partial charge in [-0.3, -0.25) is 4.79 Å². The molecule has 0 unspecified atom stereocenters. The average molecular weight is 265 g/mol. The lowest BCUT2D eigenvalue weighted by molar-refractivity contribution is -0.137. The molecule has 2 N–H and O–H groups in total. The Balaban J connectivity index is 2.67. The topological polar surface area (TPSA) is 93.4 Å². The van der Waals surface area contributed by atoms with E-state index in [1.54, 1.807) is 6.07 Å². The fourth-order valence-corrected chi connectivity index (χ4v) is 1.27. The SMILES string of the molecule is CN(CCC(=O)O)C(=O)Nc1ccc(F)c(C#N)c1. The zero-order valence-corrected chi connectivity index (χ0v) is 10.2. The second-order valence-electron chi connectivity index (χ2n) is 3.80. The molecule has 1 aromatic carbocycles. The van der Waals surface area contributed by atoms with E-state index in [-0.39, 0.29) is 24.2 Å². The van der Waals surface area contributed by atoms with Crippen LogP contribution in [0.3, 0.4) is 0 Å². The molecule has 0 fully saturated rings. The molecule has 0 aliphatic carbocycles. The molecular weight excluding hydrogens is 253 g/mol. The number of nitriles is 1. The Labute approximate surface area is 109 Å². The van der Waals surface area contributed by atoms with Crippen molar-refractivity contribution in [2.24, 2.45) is 0 Å². The average Bonchev–Trinajstić information content (AvgIpc) is 2.37. The van der Waals surface area contributed by atoms with Crippen LogP contribution in [0, 0.1) is 17.1 Å². The minimum absolute atomic E-state index is 0.0491. The smallest absolute Gasteiger partial charge is 0.321 e. The van der Waals surface area contributed by atoms with Crippen LogP contribution in [0.25, 0.3) is 0 Å². The number of rotatable bonds is 4. The number of aliphatic carboxylic acids is 1. The second kappa shape index (κ2) is 6.35. The Bertz CT molecular complexity index is 540. The molecular formula is C12H12FN3O3. The third-order valence-electron chi connectivity index (χ3n) is 2.35. The maximum atomic E-state index is 13.1. The number of carbonyl (C=O) groups excluding carboxylic acids is 1. The Kier molecular flexibility index (Phi) is 4.83. The molecule has 0 saturated heterocycles. The van der Waals surface area contributed by atoms with Gasteiger partial charge in [0, 0.05) is 19.3 Å². The molecule has 0 atom stereocenters. The maximum absolute atomic E-state index is 13.1. The number of benzene rings is 1. The molecule has 1 aromatic rings. The number of nitrogens with zero attached hydrogens (tertiary/aromatic N) is 2. The summed E-state index contributed by atoms with van der Waals surface area (Å²) < 4.78 is 13.1. The van der Waals surface area contributed by atoms with E-state index in [1.807, 2.05) is 0 Å². The van der Waals surface area contributed by atoms with E-state index < -0.39 is 17.8 Å². The summed E-state index contributed by atoms with van der Waals surface area (Å²) in [5.74, 6) is -1.67. The van der Waals surface area contributed by atoms with Gasteiger partial charge in [0.05, 0.1) is 12.0 Å². The van der Waals surface area contributed by atoms with Gasteiger partial charge < -0.3 is 15.3 Å². The number of halogens is 1. The summed E-state index contributed by atoms with van der Waals surface area (Å²) in [6, 6.07) is 4.73. The Hall–Kier alpha value is -2.62. The zero-order chi connectivity index (χ0) is 14.4. The summed E-state index contributed by atoms with van der Waals surface area (Å²) in [5.41, 5.74) is 0.0936. The second-order valence-corrected chi connectivity index (χ2v) is 3.80. The molecule has 0 aromatic heterocycles. The minimum atomic E-state index is -1.01. The number of carbonyl (C=O) groups is 2. The van der Waals surface area contributed by atoms with Crippen LogP contribution < -0.4 is 5.32 Å². The fraction of sp³-hybridized carbons (Fsp3) is 0.250. The van der Waals surface area contributed by atoms with Crippen molar-refractivity contribution >= 4 is 17.7 Å². The number of urea groups is 1. The van der Waals surface area contributed by atoms with E-state index in [0.29, 0.717) is 0 Å². The van der Waals surface area contributed by atoms with E-state index in [9.17, 15) is 14.0 Å². The number of hydrogen-bond acceptors (Lipinski definition) is 3. The number of nitrogens with one attached hydrogen (secondary N) is 1. The summed E-state index contributed by atoms with van der Waals surface area (Å²) >= 11 is 0. The van der Waals surface area contributed by atoms with E-state index in [1.165, 1.54) is 24.1 Å². The van der Waals surface area contributed by atoms with Crippen molar-refractivity contribution in [2.45, 2.75) is 6.42 Å². The first-order chi connectivity index (χ1) is 8.93. The van der Waals surface area contributed by atoms with Gasteiger partial charge in [-0.15, -0.1) is 0 Å². The highest BCUT2D eigenvalue weighted by atomic mass is 19.1. The zero-order valence-electron chi connectivity index (χ0n) is 10.2. The van der Waals surface area contributed by atoms with Crippen molar-refractivity contribution in [1.82, 2.24) is 4.90 Å². The van der Waals surface area contributed by atoms with Gasteiger partial charge in [0.25, 0.3) is 0 Å². The van der Waals surface area contributed by atoms with E-state index >= 15 is 0 Å². The first kappa shape index (κ1) is 14.4. The Morgan fingerprint density at radius 3 is 2.79 bits per heavy atom. The first-order valence-electron chi connectivity index (χ1n) is 5.37. The van der Waals surface area contributed by atoms with Crippen molar-refractivity contribution in [3.8, 4) is 6.07 Å². The van der Waals surface area contributed by atoms with Crippen molar-refractivity contribution in [3.63, 3.8) is 0 Å². The number of hydrogen-bond donors (Lipinski definition) is 2. The van der Waals surface area contributed by atoms with Crippen LogP contribution in [0.1, 0.15) is 12.0 Å². The van der Waals surface area contributed by atoms with Crippen molar-refractivity contribution < 1.29 is 19.1 Å². The van der Waals surface area contributed by atoms with Crippen LogP contribution in [0.2, 0.25) is 0 Å². The number of anilines is 1. The molecule has 0 bridgehead atoms. The molecule has 0 saturated carbocycles. The molecule has 2 amide bonds. The summed E-state index contributed by atoms with van der Waals surface area (Å²) in [7, 11) is 1.44. The molecule has 0 aliphatic heterocycles. The molecule has 100 valence electrons. The van der Waals surface area contributed by atoms with Crippen LogP contribution in [-0.2, 0) is 4.79 Å². The summed E-state index contributed by atoms with van der Waals surface area (Å²) in [6.45, 7) is 0.0491. The normalized spacial score (nSPS) is 9.53. The van der Waals surface area contributed by atoms with Gasteiger partial charge in [-0.05, 0) is 18.2 Å². The van der Waals surface area contributed by atoms with Crippen LogP contribution >= 0.6 is 0 Å². The number of carboxylic acids is 1. The highest BCUT2D eigenvalue weighted by molar-refractivity contribution is 5.89. The van der Waals surface area contributed by atoms with E-state index in [0.717, 1.165) is 6.07 Å². The lowest BCUT2D eigenvalue weighted by atomic mass is 10.2. The fourth-order valence-electron chi connectivity index (χ4n) is 1.27. The van der Waals surface area contributed by atoms with Crippen LogP contribution in [0.5, 0.6) is 0 Å². The van der Waals surface area contributed by atoms with Gasteiger partial charge in [0.1, 0.15) is 11.9 Å². The number of carboxylic acid groups (broad SMARTS) is 1. The predicted molar refractivity (Wildman–Crippen MR) is 65.0 cm³/mol. The number of amides is 2. The van der Waals surface area contributed by atoms with Gasteiger partial charge in [0.15, 0.2) is 0 Å². The van der Waals surface area contributed by atoms with E-state index in [4.69, 9.17) is 10.4 Å². The third-order valence-corrected chi connectivity index (χ3v) is 2.35. The molecule has 0 aliphatic rings. The van der Waals surface area contributed by atoms with Gasteiger partial charge in [-0.1, -0.05) is 0 Å². The third kappa shape index (κ3) is 4.27. The maximum Gasteiger partial charge on any atom is 0.321 e. The van der Waals surface area contributed by atoms with E-state index in [2.05, 4.69) is 5.32 Å². The Morgan fingerprint density at radius 1 is 1.53 bits per heavy atom. The molecule has 1 rings (SSSR count). The minimum Gasteiger partial charge on any atom is -0.481 e. The molecule has 6 nitrogen and oxygen atoms in total. The van der Waals surface area contributed by atoms with Crippen molar-refractivity contribution in [2.75, 3.05) is 18.9 Å². The summed E-state index contributed by atoms with van der Waals surface area (Å²) in [6.07, 6.45) is -0.170. The van der Waals surface area contributed by atoms with Crippen LogP contribution in [0.15, 0.2) is 18.2 Å². The molecule has 0 spiro atoms. The van der Waals surface area contributed by atoms with Crippen LogP contribution in [-0.4, -0.2) is 35.6 Å². The molecule has 0 heterocycles. The van der Waals surface area contributed by atoms with Gasteiger partial charge in [0.2, 0.25) is 0 Å². The lowest BCUT2D eigenvalue weighted by Gasteiger charge is -2.17. The standard InChI is InChI=1S/C12H12FN3O3/c1-16(5-4-11(17)18)12(19)15-9-2-3-10(13)8(6-9)7-14/h2-3,6H,4-5H2,1H3,(H,15,19)(H,17,18). The first-order valence-corrected chi connectivity index (χ1v) is 5.37. The van der Waals surface area contributed by atoms with Gasteiger partial charge >= 0.3 is 12.0 Å². The molecule has 0 radical (unpaired) electrons. The molecule has 19 heavy (non-hydrogen) atoms. The molecule has 7 heteroatoms.